The predicted octanol–water partition coefficient (Wildman–Crippen LogP) is 3.21. The highest BCUT2D eigenvalue weighted by Gasteiger charge is 2.34. The number of carbonyl (C=O) groups excluding carboxylic acids is 1. The first kappa shape index (κ1) is 15.0. The summed E-state index contributed by atoms with van der Waals surface area (Å²) in [7, 11) is 0. The average molecular weight is 274 g/mol. The molecule has 0 saturated carbocycles. The van der Waals surface area contributed by atoms with Crippen LogP contribution in [0.4, 0.5) is 0 Å². The third-order valence-electron chi connectivity index (χ3n) is 4.16. The van der Waals surface area contributed by atoms with Gasteiger partial charge in [0, 0.05) is 19.0 Å². The van der Waals surface area contributed by atoms with Gasteiger partial charge in [-0.25, -0.2) is 0 Å². The van der Waals surface area contributed by atoms with Crippen molar-refractivity contribution in [2.45, 2.75) is 58.0 Å². The van der Waals surface area contributed by atoms with Gasteiger partial charge in [-0.2, -0.15) is 0 Å². The second kappa shape index (κ2) is 6.40. The van der Waals surface area contributed by atoms with Crippen molar-refractivity contribution in [2.24, 2.45) is 5.73 Å². The minimum atomic E-state index is 0.0393. The lowest BCUT2D eigenvalue weighted by Crippen LogP contribution is -2.49. The standard InChI is InChI=1S/C17H26N2O/c1-4-11-19-16(20)10-9-15(18)17(19)14-7-5-13(6-8-14)12(2)3/h5-8,12,15,17H,4,9-11,18H2,1-3H3. The third-order valence-corrected chi connectivity index (χ3v) is 4.16. The Labute approximate surface area is 122 Å². The van der Waals surface area contributed by atoms with Gasteiger partial charge >= 0.3 is 0 Å². The summed E-state index contributed by atoms with van der Waals surface area (Å²) in [5, 5.41) is 0. The first-order valence-corrected chi connectivity index (χ1v) is 7.69. The zero-order chi connectivity index (χ0) is 14.7. The van der Waals surface area contributed by atoms with E-state index in [1.54, 1.807) is 0 Å². The van der Waals surface area contributed by atoms with Crippen molar-refractivity contribution >= 4 is 5.91 Å². The van der Waals surface area contributed by atoms with E-state index in [1.807, 2.05) is 4.90 Å². The van der Waals surface area contributed by atoms with E-state index in [-0.39, 0.29) is 18.0 Å². The van der Waals surface area contributed by atoms with Crippen LogP contribution >= 0.6 is 0 Å². The van der Waals surface area contributed by atoms with Crippen LogP contribution in [0.3, 0.4) is 0 Å². The van der Waals surface area contributed by atoms with Crippen LogP contribution in [0.1, 0.15) is 63.1 Å². The lowest BCUT2D eigenvalue weighted by molar-refractivity contribution is -0.137. The number of nitrogens with two attached hydrogens (primary N) is 1. The van der Waals surface area contributed by atoms with Gasteiger partial charge in [-0.3, -0.25) is 4.79 Å². The van der Waals surface area contributed by atoms with Gasteiger partial charge in [-0.15, -0.1) is 0 Å². The summed E-state index contributed by atoms with van der Waals surface area (Å²) >= 11 is 0. The van der Waals surface area contributed by atoms with Crippen LogP contribution in [-0.4, -0.2) is 23.4 Å². The van der Waals surface area contributed by atoms with E-state index >= 15 is 0 Å². The zero-order valence-electron chi connectivity index (χ0n) is 12.8. The molecule has 1 amide bonds. The van der Waals surface area contributed by atoms with Crippen LogP contribution in [0.25, 0.3) is 0 Å². The molecule has 0 radical (unpaired) electrons. The highest BCUT2D eigenvalue weighted by atomic mass is 16.2. The van der Waals surface area contributed by atoms with Crippen LogP contribution in [0.2, 0.25) is 0 Å². The van der Waals surface area contributed by atoms with Crippen LogP contribution in [0.5, 0.6) is 0 Å². The van der Waals surface area contributed by atoms with E-state index in [0.29, 0.717) is 12.3 Å². The molecule has 1 aromatic carbocycles. The molecule has 1 aliphatic heterocycles. The largest absolute Gasteiger partial charge is 0.334 e. The maximum atomic E-state index is 12.2. The summed E-state index contributed by atoms with van der Waals surface area (Å²) in [6.07, 6.45) is 2.34. The minimum absolute atomic E-state index is 0.0393. The van der Waals surface area contributed by atoms with Crippen LogP contribution in [0.15, 0.2) is 24.3 Å². The smallest absolute Gasteiger partial charge is 0.223 e. The molecule has 1 aromatic rings. The van der Waals surface area contributed by atoms with Gasteiger partial charge in [0.25, 0.3) is 0 Å². The number of hydrogen-bond acceptors (Lipinski definition) is 2. The average Bonchev–Trinajstić information content (AvgIpc) is 2.43. The SMILES string of the molecule is CCCN1C(=O)CCC(N)C1c1ccc(C(C)C)cc1. The number of likely N-dealkylation sites (tertiary alicyclic amines) is 1. The van der Waals surface area contributed by atoms with Gasteiger partial charge < -0.3 is 10.6 Å². The lowest BCUT2D eigenvalue weighted by Gasteiger charge is -2.40. The maximum Gasteiger partial charge on any atom is 0.223 e. The monoisotopic (exact) mass is 274 g/mol. The maximum absolute atomic E-state index is 12.2. The van der Waals surface area contributed by atoms with Crippen molar-refractivity contribution in [1.82, 2.24) is 4.90 Å². The van der Waals surface area contributed by atoms with E-state index in [2.05, 4.69) is 45.0 Å². The molecule has 0 aliphatic carbocycles. The first-order valence-electron chi connectivity index (χ1n) is 7.69. The van der Waals surface area contributed by atoms with E-state index in [0.717, 1.165) is 19.4 Å². The van der Waals surface area contributed by atoms with Crippen molar-refractivity contribution < 1.29 is 4.79 Å². The van der Waals surface area contributed by atoms with Crippen LogP contribution in [0, 0.1) is 0 Å². The molecule has 2 atom stereocenters. The molecular weight excluding hydrogens is 248 g/mol. The molecule has 2 rings (SSSR count). The number of carbonyl (C=O) groups is 1. The lowest BCUT2D eigenvalue weighted by atomic mass is 9.89. The van der Waals surface area contributed by atoms with Crippen molar-refractivity contribution in [3.8, 4) is 0 Å². The molecule has 2 unspecified atom stereocenters. The molecule has 110 valence electrons. The summed E-state index contributed by atoms with van der Waals surface area (Å²) in [6.45, 7) is 7.28. The fourth-order valence-electron chi connectivity index (χ4n) is 2.99. The Kier molecular flexibility index (Phi) is 4.81. The molecule has 0 aromatic heterocycles. The molecule has 0 spiro atoms. The van der Waals surface area contributed by atoms with Crippen molar-refractivity contribution in [2.75, 3.05) is 6.54 Å². The molecule has 1 saturated heterocycles. The number of rotatable bonds is 4. The first-order chi connectivity index (χ1) is 9.54. The third kappa shape index (κ3) is 3.04. The molecule has 2 N–H and O–H groups in total. The number of hydrogen-bond donors (Lipinski definition) is 1. The topological polar surface area (TPSA) is 46.3 Å². The molecular formula is C17H26N2O. The van der Waals surface area contributed by atoms with Gasteiger partial charge in [0.05, 0.1) is 6.04 Å². The number of benzene rings is 1. The molecule has 1 heterocycles. The van der Waals surface area contributed by atoms with E-state index in [1.165, 1.54) is 11.1 Å². The molecule has 1 fully saturated rings. The summed E-state index contributed by atoms with van der Waals surface area (Å²) in [6, 6.07) is 8.69. The number of nitrogens with zero attached hydrogens (tertiary/aromatic N) is 1. The van der Waals surface area contributed by atoms with Gasteiger partial charge in [-0.1, -0.05) is 45.0 Å². The Bertz CT molecular complexity index is 453. The molecule has 3 heteroatoms. The van der Waals surface area contributed by atoms with Gasteiger partial charge in [0.15, 0.2) is 0 Å². The fraction of sp³-hybridized carbons (Fsp3) is 0.588. The minimum Gasteiger partial charge on any atom is -0.334 e. The molecule has 3 nitrogen and oxygen atoms in total. The number of amides is 1. The van der Waals surface area contributed by atoms with Crippen molar-refractivity contribution in [3.63, 3.8) is 0 Å². The molecule has 1 aliphatic rings. The van der Waals surface area contributed by atoms with Crippen molar-refractivity contribution in [3.05, 3.63) is 35.4 Å². The van der Waals surface area contributed by atoms with E-state index in [4.69, 9.17) is 5.73 Å². The summed E-state index contributed by atoms with van der Waals surface area (Å²) < 4.78 is 0. The highest BCUT2D eigenvalue weighted by Crippen LogP contribution is 2.31. The fourth-order valence-corrected chi connectivity index (χ4v) is 2.99. The quantitative estimate of drug-likeness (QED) is 0.916. The van der Waals surface area contributed by atoms with Crippen LogP contribution < -0.4 is 5.73 Å². The van der Waals surface area contributed by atoms with Crippen LogP contribution in [-0.2, 0) is 4.79 Å². The normalized spacial score (nSPS) is 23.4. The zero-order valence-corrected chi connectivity index (χ0v) is 12.8. The Balaban J connectivity index is 2.28. The summed E-state index contributed by atoms with van der Waals surface area (Å²) in [5.74, 6) is 0.768. The Morgan fingerprint density at radius 2 is 1.95 bits per heavy atom. The van der Waals surface area contributed by atoms with Gasteiger partial charge in [0.2, 0.25) is 5.91 Å². The second-order valence-electron chi connectivity index (χ2n) is 6.06. The van der Waals surface area contributed by atoms with E-state index in [9.17, 15) is 4.79 Å². The van der Waals surface area contributed by atoms with Gasteiger partial charge in [0.1, 0.15) is 0 Å². The van der Waals surface area contributed by atoms with Crippen molar-refractivity contribution in [1.29, 1.82) is 0 Å². The second-order valence-corrected chi connectivity index (χ2v) is 6.06. The molecule has 20 heavy (non-hydrogen) atoms. The predicted molar refractivity (Wildman–Crippen MR) is 82.5 cm³/mol. The Morgan fingerprint density at radius 3 is 2.50 bits per heavy atom. The van der Waals surface area contributed by atoms with E-state index < -0.39 is 0 Å². The highest BCUT2D eigenvalue weighted by molar-refractivity contribution is 5.78. The Morgan fingerprint density at radius 1 is 1.30 bits per heavy atom. The summed E-state index contributed by atoms with van der Waals surface area (Å²) in [5.41, 5.74) is 8.79. The Hall–Kier alpha value is -1.35. The number of piperidine rings is 1. The molecule has 0 bridgehead atoms. The van der Waals surface area contributed by atoms with Gasteiger partial charge in [-0.05, 0) is 29.9 Å². The summed E-state index contributed by atoms with van der Waals surface area (Å²) in [4.78, 5) is 14.1.